The van der Waals surface area contributed by atoms with Crippen LogP contribution in [-0.2, 0) is 29.5 Å². The number of carbonyl (C=O) groups is 1. The Balaban J connectivity index is 2.12. The predicted octanol–water partition coefficient (Wildman–Crippen LogP) is 4.37. The van der Waals surface area contributed by atoms with E-state index in [9.17, 15) is 9.90 Å². The van der Waals surface area contributed by atoms with Crippen LogP contribution >= 0.6 is 0 Å². The Morgan fingerprint density at radius 1 is 1.15 bits per heavy atom. The summed E-state index contributed by atoms with van der Waals surface area (Å²) in [7, 11) is 4.23. The van der Waals surface area contributed by atoms with Crippen molar-refractivity contribution in [2.75, 3.05) is 20.6 Å². The maximum atomic E-state index is 11.3. The first-order chi connectivity index (χ1) is 12.8. The number of aryl methyl sites for hydroxylation is 2. The Hall–Kier alpha value is -2.13. The molecule has 0 saturated carbocycles. The molecule has 1 aliphatic carbocycles. The number of hydrogen-bond acceptors (Lipinski definition) is 2. The summed E-state index contributed by atoms with van der Waals surface area (Å²) in [5.41, 5.74) is 7.77. The second kappa shape index (κ2) is 7.85. The lowest BCUT2D eigenvalue weighted by molar-refractivity contribution is -0.136. The Bertz CT molecular complexity index is 840. The molecule has 1 unspecified atom stereocenters. The minimum atomic E-state index is -0.769. The SMILES string of the molecule is Cc1cccc2c1CCc1ccc(CC(=O)O)cc1C2(C)CCCN(C)C. The second-order valence-electron chi connectivity index (χ2n) is 8.40. The molecular weight excluding hydrogens is 334 g/mol. The van der Waals surface area contributed by atoms with Gasteiger partial charge in [0.25, 0.3) is 0 Å². The number of fused-ring (bicyclic) bond motifs is 2. The Morgan fingerprint density at radius 3 is 2.63 bits per heavy atom. The molecule has 3 rings (SSSR count). The molecule has 0 aromatic heterocycles. The van der Waals surface area contributed by atoms with Gasteiger partial charge in [-0.1, -0.05) is 43.3 Å². The van der Waals surface area contributed by atoms with Crippen molar-refractivity contribution >= 4 is 5.97 Å². The molecule has 0 aliphatic heterocycles. The predicted molar refractivity (Wildman–Crippen MR) is 111 cm³/mol. The fourth-order valence-electron chi connectivity index (χ4n) is 4.61. The van der Waals surface area contributed by atoms with Crippen molar-refractivity contribution in [3.05, 3.63) is 69.8 Å². The van der Waals surface area contributed by atoms with Crippen molar-refractivity contribution in [2.45, 2.75) is 51.4 Å². The summed E-state index contributed by atoms with van der Waals surface area (Å²) in [6, 6.07) is 13.0. The van der Waals surface area contributed by atoms with Gasteiger partial charge >= 0.3 is 5.97 Å². The van der Waals surface area contributed by atoms with Crippen LogP contribution in [0.4, 0.5) is 0 Å². The Morgan fingerprint density at radius 2 is 1.93 bits per heavy atom. The van der Waals surface area contributed by atoms with Crippen LogP contribution in [0.15, 0.2) is 36.4 Å². The van der Waals surface area contributed by atoms with Crippen LogP contribution in [0.2, 0.25) is 0 Å². The molecule has 2 aromatic carbocycles. The van der Waals surface area contributed by atoms with Crippen LogP contribution in [0, 0.1) is 6.92 Å². The summed E-state index contributed by atoms with van der Waals surface area (Å²) >= 11 is 0. The van der Waals surface area contributed by atoms with E-state index in [1.54, 1.807) is 0 Å². The molecule has 0 spiro atoms. The lowest BCUT2D eigenvalue weighted by Gasteiger charge is -2.34. The number of rotatable bonds is 6. The van der Waals surface area contributed by atoms with Crippen molar-refractivity contribution in [2.24, 2.45) is 0 Å². The quantitative estimate of drug-likeness (QED) is 0.826. The zero-order chi connectivity index (χ0) is 19.6. The smallest absolute Gasteiger partial charge is 0.307 e. The standard InChI is InChI=1S/C24H31NO2/c1-17-7-5-8-21-20(17)12-11-19-10-9-18(16-23(26)27)15-22(19)24(21,2)13-6-14-25(3)4/h5,7-10,15H,6,11-14,16H2,1-4H3,(H,26,27). The number of nitrogens with zero attached hydrogens (tertiary/aromatic N) is 1. The number of hydrogen-bond donors (Lipinski definition) is 1. The average Bonchev–Trinajstić information content (AvgIpc) is 2.71. The molecule has 0 bridgehead atoms. The Labute approximate surface area is 163 Å². The largest absolute Gasteiger partial charge is 0.481 e. The van der Waals surface area contributed by atoms with Crippen molar-refractivity contribution in [3.63, 3.8) is 0 Å². The van der Waals surface area contributed by atoms with Crippen LogP contribution in [0.25, 0.3) is 0 Å². The van der Waals surface area contributed by atoms with Crippen molar-refractivity contribution < 1.29 is 9.90 Å². The van der Waals surface area contributed by atoms with Crippen LogP contribution in [0.1, 0.15) is 53.1 Å². The lowest BCUT2D eigenvalue weighted by atomic mass is 9.70. The fourth-order valence-corrected chi connectivity index (χ4v) is 4.61. The monoisotopic (exact) mass is 365 g/mol. The van der Waals surface area contributed by atoms with Crippen molar-refractivity contribution in [1.29, 1.82) is 0 Å². The minimum Gasteiger partial charge on any atom is -0.481 e. The van der Waals surface area contributed by atoms with E-state index >= 15 is 0 Å². The highest BCUT2D eigenvalue weighted by Crippen LogP contribution is 2.43. The summed E-state index contributed by atoms with van der Waals surface area (Å²) in [5.74, 6) is -0.769. The highest BCUT2D eigenvalue weighted by atomic mass is 16.4. The van der Waals surface area contributed by atoms with Crippen molar-refractivity contribution in [1.82, 2.24) is 4.90 Å². The van der Waals surface area contributed by atoms with Crippen LogP contribution in [-0.4, -0.2) is 36.6 Å². The number of aliphatic carboxylic acids is 1. The Kier molecular flexibility index (Phi) is 5.71. The summed E-state index contributed by atoms with van der Waals surface area (Å²) < 4.78 is 0. The first kappa shape index (κ1) is 19.6. The lowest BCUT2D eigenvalue weighted by Crippen LogP contribution is -2.27. The van der Waals surface area contributed by atoms with Gasteiger partial charge in [-0.3, -0.25) is 4.79 Å². The molecule has 2 aromatic rings. The summed E-state index contributed by atoms with van der Waals surface area (Å²) in [4.78, 5) is 13.5. The first-order valence-electron chi connectivity index (χ1n) is 9.89. The zero-order valence-corrected chi connectivity index (χ0v) is 17.0. The third-order valence-electron chi connectivity index (χ3n) is 6.06. The van der Waals surface area contributed by atoms with Crippen LogP contribution < -0.4 is 0 Å². The molecule has 0 fully saturated rings. The zero-order valence-electron chi connectivity index (χ0n) is 17.0. The summed E-state index contributed by atoms with van der Waals surface area (Å²) in [5, 5.41) is 9.25. The van der Waals surface area contributed by atoms with Gasteiger partial charge in [-0.05, 0) is 86.6 Å². The van der Waals surface area contributed by atoms with E-state index in [0.717, 1.165) is 37.8 Å². The van der Waals surface area contributed by atoms with Gasteiger partial charge in [0, 0.05) is 5.41 Å². The van der Waals surface area contributed by atoms with E-state index in [0.29, 0.717) is 0 Å². The van der Waals surface area contributed by atoms with E-state index in [-0.39, 0.29) is 11.8 Å². The molecular formula is C24H31NO2. The summed E-state index contributed by atoms with van der Waals surface area (Å²) in [6.45, 7) is 5.63. The third kappa shape index (κ3) is 4.08. The number of benzene rings is 2. The van der Waals surface area contributed by atoms with Crippen molar-refractivity contribution in [3.8, 4) is 0 Å². The highest BCUT2D eigenvalue weighted by molar-refractivity contribution is 5.70. The highest BCUT2D eigenvalue weighted by Gasteiger charge is 2.35. The normalized spacial score (nSPS) is 18.7. The van der Waals surface area contributed by atoms with Gasteiger partial charge in [-0.2, -0.15) is 0 Å². The van der Waals surface area contributed by atoms with E-state index in [4.69, 9.17) is 0 Å². The molecule has 1 N–H and O–H groups in total. The molecule has 27 heavy (non-hydrogen) atoms. The molecule has 144 valence electrons. The van der Waals surface area contributed by atoms with Gasteiger partial charge in [-0.25, -0.2) is 0 Å². The maximum Gasteiger partial charge on any atom is 0.307 e. The van der Waals surface area contributed by atoms with Gasteiger partial charge < -0.3 is 10.0 Å². The van der Waals surface area contributed by atoms with E-state index < -0.39 is 5.97 Å². The number of carboxylic acids is 1. The molecule has 0 amide bonds. The van der Waals surface area contributed by atoms with Crippen LogP contribution in [0.5, 0.6) is 0 Å². The molecule has 1 atom stereocenters. The third-order valence-corrected chi connectivity index (χ3v) is 6.06. The second-order valence-corrected chi connectivity index (χ2v) is 8.40. The van der Waals surface area contributed by atoms with E-state index in [2.05, 4.69) is 63.2 Å². The molecule has 0 heterocycles. The van der Waals surface area contributed by atoms with E-state index in [1.807, 2.05) is 6.07 Å². The minimum absolute atomic E-state index is 0.0851. The maximum absolute atomic E-state index is 11.3. The van der Waals surface area contributed by atoms with Gasteiger partial charge in [0.05, 0.1) is 6.42 Å². The van der Waals surface area contributed by atoms with Gasteiger partial charge in [0.2, 0.25) is 0 Å². The van der Waals surface area contributed by atoms with E-state index in [1.165, 1.54) is 27.8 Å². The van der Waals surface area contributed by atoms with Gasteiger partial charge in [-0.15, -0.1) is 0 Å². The van der Waals surface area contributed by atoms with Gasteiger partial charge in [0.1, 0.15) is 0 Å². The summed E-state index contributed by atoms with van der Waals surface area (Å²) in [6.07, 6.45) is 4.33. The molecule has 0 radical (unpaired) electrons. The van der Waals surface area contributed by atoms with Crippen LogP contribution in [0.3, 0.4) is 0 Å². The molecule has 3 heteroatoms. The average molecular weight is 366 g/mol. The molecule has 3 nitrogen and oxygen atoms in total. The first-order valence-corrected chi connectivity index (χ1v) is 9.89. The topological polar surface area (TPSA) is 40.5 Å². The molecule has 1 aliphatic rings. The molecule has 0 saturated heterocycles. The number of carboxylic acid groups (broad SMARTS) is 1. The van der Waals surface area contributed by atoms with Gasteiger partial charge in [0.15, 0.2) is 0 Å². The fraction of sp³-hybridized carbons (Fsp3) is 0.458.